The molecule has 1 aromatic carbocycles. The molecule has 0 aliphatic carbocycles. The number of benzene rings is 1. The Morgan fingerprint density at radius 3 is 2.71 bits per heavy atom. The predicted octanol–water partition coefficient (Wildman–Crippen LogP) is 4.06. The van der Waals surface area contributed by atoms with Crippen LogP contribution in [0.1, 0.15) is 30.7 Å². The van der Waals surface area contributed by atoms with E-state index in [-0.39, 0.29) is 5.82 Å². The Kier molecular flexibility index (Phi) is 5.52. The van der Waals surface area contributed by atoms with Crippen molar-refractivity contribution in [3.8, 4) is 11.6 Å². The summed E-state index contributed by atoms with van der Waals surface area (Å²) < 4.78 is 20.9. The zero-order chi connectivity index (χ0) is 21.4. The minimum atomic E-state index is -0.165. The molecule has 2 atom stereocenters. The molecule has 2 fully saturated rings. The van der Waals surface area contributed by atoms with Gasteiger partial charge in [-0.3, -0.25) is 0 Å². The molecule has 0 radical (unpaired) electrons. The van der Waals surface area contributed by atoms with Gasteiger partial charge in [0.15, 0.2) is 11.6 Å². The highest BCUT2D eigenvalue weighted by Gasteiger charge is 2.40. The maximum Gasteiger partial charge on any atom is 0.199 e. The van der Waals surface area contributed by atoms with Crippen LogP contribution in [-0.2, 0) is 13.5 Å². The summed E-state index contributed by atoms with van der Waals surface area (Å²) in [6, 6.07) is 9.48. The van der Waals surface area contributed by atoms with E-state index in [1.54, 1.807) is 18.4 Å². The first-order valence-electron chi connectivity index (χ1n) is 11.3. The van der Waals surface area contributed by atoms with Gasteiger partial charge in [-0.05, 0) is 74.5 Å². The molecule has 2 aliphatic heterocycles. The van der Waals surface area contributed by atoms with Crippen molar-refractivity contribution in [3.63, 3.8) is 0 Å². The Bertz CT molecular complexity index is 1030. The molecule has 4 heterocycles. The van der Waals surface area contributed by atoms with Crippen LogP contribution in [0.4, 0.5) is 10.1 Å². The van der Waals surface area contributed by atoms with E-state index >= 15 is 0 Å². The Labute approximate surface area is 182 Å². The summed E-state index contributed by atoms with van der Waals surface area (Å²) in [5, 5.41) is 8.72. The van der Waals surface area contributed by atoms with Crippen molar-refractivity contribution < 1.29 is 8.81 Å². The number of aromatic nitrogens is 3. The van der Waals surface area contributed by atoms with Crippen molar-refractivity contribution in [3.05, 3.63) is 53.8 Å². The number of unbranched alkanes of at least 4 members (excludes halogenated alkanes) is 1. The van der Waals surface area contributed by atoms with Crippen molar-refractivity contribution in [2.45, 2.75) is 38.6 Å². The highest BCUT2D eigenvalue weighted by Crippen LogP contribution is 2.35. The number of likely N-dealkylation sites (tertiary alicyclic amines) is 1. The summed E-state index contributed by atoms with van der Waals surface area (Å²) in [6.07, 6.45) is 6.09. The van der Waals surface area contributed by atoms with E-state index in [2.05, 4.69) is 20.0 Å². The van der Waals surface area contributed by atoms with Crippen LogP contribution in [-0.4, -0.2) is 51.9 Å². The van der Waals surface area contributed by atoms with Gasteiger partial charge < -0.3 is 18.8 Å². The third-order valence-electron chi connectivity index (χ3n) is 6.94. The van der Waals surface area contributed by atoms with Crippen LogP contribution in [0.15, 0.2) is 41.0 Å². The standard InChI is InChI=1S/C24H30FN5O/c1-17-11-14-31-23(17)24-27-26-22(28(24)2)5-3-4-12-29-15-18-10-13-30(21(18)16-29)20-8-6-19(25)7-9-20/h6-9,11,14,18,21H,3-5,10,12-13,15-16H2,1-2H3. The lowest BCUT2D eigenvalue weighted by molar-refractivity contribution is 0.309. The summed E-state index contributed by atoms with van der Waals surface area (Å²) in [4.78, 5) is 5.07. The van der Waals surface area contributed by atoms with Crippen LogP contribution in [0.25, 0.3) is 11.6 Å². The zero-order valence-corrected chi connectivity index (χ0v) is 18.3. The molecule has 0 amide bonds. The minimum absolute atomic E-state index is 0.165. The van der Waals surface area contributed by atoms with Gasteiger partial charge in [-0.1, -0.05) is 0 Å². The van der Waals surface area contributed by atoms with Crippen molar-refractivity contribution in [2.24, 2.45) is 13.0 Å². The smallest absolute Gasteiger partial charge is 0.199 e. The molecule has 7 heteroatoms. The predicted molar refractivity (Wildman–Crippen MR) is 118 cm³/mol. The van der Waals surface area contributed by atoms with Crippen LogP contribution < -0.4 is 4.90 Å². The van der Waals surface area contributed by atoms with E-state index in [0.717, 1.165) is 73.5 Å². The van der Waals surface area contributed by atoms with Gasteiger partial charge in [0.25, 0.3) is 0 Å². The van der Waals surface area contributed by atoms with Crippen molar-refractivity contribution in [1.29, 1.82) is 0 Å². The lowest BCUT2D eigenvalue weighted by atomic mass is 10.1. The zero-order valence-electron chi connectivity index (χ0n) is 18.3. The third-order valence-corrected chi connectivity index (χ3v) is 6.94. The Balaban J connectivity index is 1.11. The number of rotatable bonds is 7. The van der Waals surface area contributed by atoms with Gasteiger partial charge >= 0.3 is 0 Å². The number of fused-ring (bicyclic) bond motifs is 1. The Morgan fingerprint density at radius 1 is 1.10 bits per heavy atom. The van der Waals surface area contributed by atoms with E-state index in [1.807, 2.05) is 36.7 Å². The monoisotopic (exact) mass is 423 g/mol. The molecular formula is C24H30FN5O. The topological polar surface area (TPSA) is 50.3 Å². The summed E-state index contributed by atoms with van der Waals surface area (Å²) in [7, 11) is 2.01. The minimum Gasteiger partial charge on any atom is -0.461 e. The van der Waals surface area contributed by atoms with Crippen molar-refractivity contribution >= 4 is 5.69 Å². The summed E-state index contributed by atoms with van der Waals surface area (Å²) in [6.45, 7) is 6.50. The highest BCUT2D eigenvalue weighted by molar-refractivity contribution is 5.52. The second kappa shape index (κ2) is 8.46. The summed E-state index contributed by atoms with van der Waals surface area (Å²) in [5.41, 5.74) is 2.23. The fraction of sp³-hybridized carbons (Fsp3) is 0.500. The molecule has 2 aromatic heterocycles. The van der Waals surface area contributed by atoms with Gasteiger partial charge in [0, 0.05) is 44.8 Å². The van der Waals surface area contributed by atoms with E-state index in [1.165, 1.54) is 13.0 Å². The number of hydrogen-bond acceptors (Lipinski definition) is 5. The van der Waals surface area contributed by atoms with Gasteiger partial charge in [0.1, 0.15) is 11.6 Å². The lowest BCUT2D eigenvalue weighted by Gasteiger charge is -2.27. The molecular weight excluding hydrogens is 393 g/mol. The quantitative estimate of drug-likeness (QED) is 0.537. The number of hydrogen-bond donors (Lipinski definition) is 0. The van der Waals surface area contributed by atoms with Crippen molar-refractivity contribution in [2.75, 3.05) is 31.1 Å². The van der Waals surface area contributed by atoms with Crippen LogP contribution in [0.5, 0.6) is 0 Å². The molecule has 31 heavy (non-hydrogen) atoms. The number of aryl methyl sites for hydroxylation is 2. The summed E-state index contributed by atoms with van der Waals surface area (Å²) >= 11 is 0. The second-order valence-electron chi connectivity index (χ2n) is 8.93. The molecule has 2 unspecified atom stereocenters. The third kappa shape index (κ3) is 3.99. The highest BCUT2D eigenvalue weighted by atomic mass is 19.1. The van der Waals surface area contributed by atoms with Gasteiger partial charge in [0.05, 0.1) is 6.26 Å². The number of halogens is 1. The van der Waals surface area contributed by atoms with E-state index in [0.29, 0.717) is 6.04 Å². The Morgan fingerprint density at radius 2 is 1.94 bits per heavy atom. The van der Waals surface area contributed by atoms with Crippen LogP contribution in [0.2, 0.25) is 0 Å². The average molecular weight is 424 g/mol. The SMILES string of the molecule is Cc1ccoc1-c1nnc(CCCCN2CC3CCN(c4ccc(F)cc4)C3C2)n1C. The largest absolute Gasteiger partial charge is 0.461 e. The van der Waals surface area contributed by atoms with Gasteiger partial charge in [-0.2, -0.15) is 0 Å². The van der Waals surface area contributed by atoms with E-state index in [4.69, 9.17) is 4.42 Å². The van der Waals surface area contributed by atoms with Crippen LogP contribution in [0, 0.1) is 18.7 Å². The molecule has 0 N–H and O–H groups in total. The normalized spacial score (nSPS) is 21.2. The first kappa shape index (κ1) is 20.2. The van der Waals surface area contributed by atoms with Crippen LogP contribution >= 0.6 is 0 Å². The van der Waals surface area contributed by atoms with Gasteiger partial charge in [-0.15, -0.1) is 10.2 Å². The molecule has 0 spiro atoms. The number of furan rings is 1. The molecule has 2 saturated heterocycles. The van der Waals surface area contributed by atoms with E-state index in [9.17, 15) is 4.39 Å². The fourth-order valence-electron chi connectivity index (χ4n) is 5.18. The molecule has 0 saturated carbocycles. The van der Waals surface area contributed by atoms with Crippen molar-refractivity contribution in [1.82, 2.24) is 19.7 Å². The van der Waals surface area contributed by atoms with Crippen LogP contribution in [0.3, 0.4) is 0 Å². The first-order valence-corrected chi connectivity index (χ1v) is 11.3. The molecule has 0 bridgehead atoms. The summed E-state index contributed by atoms with van der Waals surface area (Å²) in [5.74, 6) is 3.16. The molecule has 2 aliphatic rings. The molecule has 6 nitrogen and oxygen atoms in total. The molecule has 3 aromatic rings. The maximum atomic E-state index is 13.3. The average Bonchev–Trinajstić information content (AvgIpc) is 3.52. The fourth-order valence-corrected chi connectivity index (χ4v) is 5.18. The molecule has 5 rings (SSSR count). The van der Waals surface area contributed by atoms with Gasteiger partial charge in [-0.25, -0.2) is 4.39 Å². The second-order valence-corrected chi connectivity index (χ2v) is 8.93. The lowest BCUT2D eigenvalue weighted by Crippen LogP contribution is -2.35. The number of nitrogens with zero attached hydrogens (tertiary/aromatic N) is 5. The Hall–Kier alpha value is -2.67. The maximum absolute atomic E-state index is 13.3. The number of anilines is 1. The van der Waals surface area contributed by atoms with Gasteiger partial charge in [0.2, 0.25) is 0 Å². The molecule has 164 valence electrons. The first-order chi connectivity index (χ1) is 15.1. The van der Waals surface area contributed by atoms with E-state index < -0.39 is 0 Å².